The minimum absolute atomic E-state index is 0.787. The topological polar surface area (TPSA) is 17.1 Å². The van der Waals surface area contributed by atoms with Gasteiger partial charge in [-0.05, 0) is 19.2 Å². The predicted octanol–water partition coefficient (Wildman–Crippen LogP) is 3.48. The van der Waals surface area contributed by atoms with Crippen LogP contribution in [-0.4, -0.2) is 12.8 Å². The molecule has 1 atom stereocenters. The zero-order chi connectivity index (χ0) is 9.90. The third-order valence-corrected chi connectivity index (χ3v) is 5.72. The number of hydrogen-bond donors (Lipinski definition) is 0. The Kier molecular flexibility index (Phi) is 3.75. The van der Waals surface area contributed by atoms with Crippen LogP contribution in [0, 0.1) is 0 Å². The third-order valence-electron chi connectivity index (χ3n) is 2.01. The Balaban J connectivity index is 3.07. The lowest BCUT2D eigenvalue weighted by atomic mass is 10.4. The maximum absolute atomic E-state index is 12.2. The van der Waals surface area contributed by atoms with Crippen LogP contribution in [0.1, 0.15) is 13.3 Å². The summed E-state index contributed by atoms with van der Waals surface area (Å²) in [6, 6.07) is 7.77. The maximum atomic E-state index is 12.2. The van der Waals surface area contributed by atoms with E-state index >= 15 is 0 Å². The second kappa shape index (κ2) is 4.43. The average molecular weight is 261 g/mol. The minimum atomic E-state index is -2.13. The van der Waals surface area contributed by atoms with Crippen LogP contribution >= 0.6 is 23.1 Å². The van der Waals surface area contributed by atoms with Crippen molar-refractivity contribution in [2.45, 2.75) is 13.3 Å². The van der Waals surface area contributed by atoms with Gasteiger partial charge in [0, 0.05) is 15.9 Å². The molecule has 0 heterocycles. The summed E-state index contributed by atoms with van der Waals surface area (Å²) in [6.07, 6.45) is 1.75. The standard InChI is InChI=1S/C10H14BrOP/c1-3-8-13(2,12)10-7-5-4-6-9(10)11/h4-7H,3,8H2,1-2H3. The maximum Gasteiger partial charge on any atom is 0.113 e. The van der Waals surface area contributed by atoms with E-state index in [9.17, 15) is 4.57 Å². The molecule has 0 spiro atoms. The molecule has 0 N–H and O–H groups in total. The predicted molar refractivity (Wildman–Crippen MR) is 62.5 cm³/mol. The first-order valence-electron chi connectivity index (χ1n) is 4.39. The van der Waals surface area contributed by atoms with Gasteiger partial charge in [-0.25, -0.2) is 0 Å². The van der Waals surface area contributed by atoms with Crippen molar-refractivity contribution in [3.8, 4) is 0 Å². The molecule has 0 amide bonds. The molecule has 0 aromatic heterocycles. The number of halogens is 1. The van der Waals surface area contributed by atoms with E-state index in [0.717, 1.165) is 22.4 Å². The van der Waals surface area contributed by atoms with E-state index < -0.39 is 7.14 Å². The molecular formula is C10H14BrOP. The lowest BCUT2D eigenvalue weighted by Crippen LogP contribution is -2.07. The molecule has 0 saturated carbocycles. The lowest BCUT2D eigenvalue weighted by molar-refractivity contribution is 0.584. The fraction of sp³-hybridized carbons (Fsp3) is 0.400. The summed E-state index contributed by atoms with van der Waals surface area (Å²) in [4.78, 5) is 0. The first-order chi connectivity index (χ1) is 6.08. The number of rotatable bonds is 3. The van der Waals surface area contributed by atoms with Crippen molar-refractivity contribution >= 4 is 28.4 Å². The summed E-state index contributed by atoms with van der Waals surface area (Å²) in [5.41, 5.74) is 0. The Morgan fingerprint density at radius 2 is 2.00 bits per heavy atom. The average Bonchev–Trinajstić information content (AvgIpc) is 2.04. The zero-order valence-corrected chi connectivity index (χ0v) is 10.4. The number of hydrogen-bond acceptors (Lipinski definition) is 1. The van der Waals surface area contributed by atoms with Crippen LogP contribution in [0.2, 0.25) is 0 Å². The Labute approximate surface area is 88.0 Å². The van der Waals surface area contributed by atoms with Crippen molar-refractivity contribution in [2.75, 3.05) is 12.8 Å². The molecule has 1 aromatic carbocycles. The van der Waals surface area contributed by atoms with Crippen molar-refractivity contribution in [1.82, 2.24) is 0 Å². The van der Waals surface area contributed by atoms with E-state index in [2.05, 4.69) is 22.9 Å². The SMILES string of the molecule is CCCP(C)(=O)c1ccccc1Br. The van der Waals surface area contributed by atoms with E-state index in [1.807, 2.05) is 30.9 Å². The van der Waals surface area contributed by atoms with Gasteiger partial charge in [-0.2, -0.15) is 0 Å². The second-order valence-electron chi connectivity index (χ2n) is 3.28. The molecule has 1 nitrogen and oxygen atoms in total. The molecule has 3 heteroatoms. The summed E-state index contributed by atoms with van der Waals surface area (Å²) in [5.74, 6) is 0. The lowest BCUT2D eigenvalue weighted by Gasteiger charge is -2.13. The van der Waals surface area contributed by atoms with Crippen molar-refractivity contribution in [3.63, 3.8) is 0 Å². The highest BCUT2D eigenvalue weighted by Gasteiger charge is 2.18. The molecule has 0 bridgehead atoms. The van der Waals surface area contributed by atoms with Gasteiger partial charge in [0.2, 0.25) is 0 Å². The summed E-state index contributed by atoms with van der Waals surface area (Å²) < 4.78 is 13.2. The van der Waals surface area contributed by atoms with Gasteiger partial charge in [0.05, 0.1) is 0 Å². The first-order valence-corrected chi connectivity index (χ1v) is 7.53. The number of benzene rings is 1. The van der Waals surface area contributed by atoms with Crippen molar-refractivity contribution in [3.05, 3.63) is 28.7 Å². The van der Waals surface area contributed by atoms with Crippen molar-refractivity contribution in [2.24, 2.45) is 0 Å². The third kappa shape index (κ3) is 2.69. The molecule has 1 aromatic rings. The second-order valence-corrected chi connectivity index (χ2v) is 7.26. The van der Waals surface area contributed by atoms with Crippen LogP contribution < -0.4 is 5.30 Å². The van der Waals surface area contributed by atoms with Gasteiger partial charge in [0.1, 0.15) is 7.14 Å². The summed E-state index contributed by atoms with van der Waals surface area (Å²) >= 11 is 3.43. The van der Waals surface area contributed by atoms with Crippen molar-refractivity contribution in [1.29, 1.82) is 0 Å². The van der Waals surface area contributed by atoms with Gasteiger partial charge in [-0.1, -0.05) is 41.1 Å². The molecule has 0 aliphatic carbocycles. The quantitative estimate of drug-likeness (QED) is 0.761. The molecule has 0 saturated heterocycles. The van der Waals surface area contributed by atoms with E-state index in [0.29, 0.717) is 0 Å². The molecule has 0 aliphatic rings. The van der Waals surface area contributed by atoms with E-state index in [-0.39, 0.29) is 0 Å². The van der Waals surface area contributed by atoms with Gasteiger partial charge in [0.25, 0.3) is 0 Å². The normalized spacial score (nSPS) is 15.3. The van der Waals surface area contributed by atoms with E-state index in [4.69, 9.17) is 0 Å². The highest BCUT2D eigenvalue weighted by molar-refractivity contribution is 9.10. The summed E-state index contributed by atoms with van der Waals surface area (Å²) in [6.45, 7) is 3.92. The highest BCUT2D eigenvalue weighted by atomic mass is 79.9. The Morgan fingerprint density at radius 1 is 1.38 bits per heavy atom. The summed E-state index contributed by atoms with van der Waals surface area (Å²) in [5, 5.41) is 0.969. The molecular weight excluding hydrogens is 247 g/mol. The van der Waals surface area contributed by atoms with Gasteiger partial charge >= 0.3 is 0 Å². The highest BCUT2D eigenvalue weighted by Crippen LogP contribution is 2.42. The van der Waals surface area contributed by atoms with Crippen LogP contribution in [0.15, 0.2) is 28.7 Å². The van der Waals surface area contributed by atoms with E-state index in [1.165, 1.54) is 0 Å². The Hall–Kier alpha value is -0.0700. The van der Waals surface area contributed by atoms with Crippen LogP contribution in [0.25, 0.3) is 0 Å². The van der Waals surface area contributed by atoms with Crippen LogP contribution in [-0.2, 0) is 4.57 Å². The largest absolute Gasteiger partial charge is 0.319 e. The molecule has 1 rings (SSSR count). The minimum Gasteiger partial charge on any atom is -0.319 e. The molecule has 72 valence electrons. The smallest absolute Gasteiger partial charge is 0.113 e. The molecule has 1 unspecified atom stereocenters. The van der Waals surface area contributed by atoms with E-state index in [1.54, 1.807) is 0 Å². The first kappa shape index (κ1) is 11.0. The molecule has 13 heavy (non-hydrogen) atoms. The fourth-order valence-corrected chi connectivity index (χ4v) is 4.81. The van der Waals surface area contributed by atoms with Gasteiger partial charge < -0.3 is 4.57 Å². The molecule has 0 radical (unpaired) electrons. The Morgan fingerprint density at radius 3 is 2.54 bits per heavy atom. The van der Waals surface area contributed by atoms with Gasteiger partial charge in [-0.15, -0.1) is 0 Å². The summed E-state index contributed by atoms with van der Waals surface area (Å²) in [7, 11) is -2.13. The van der Waals surface area contributed by atoms with Gasteiger partial charge in [0.15, 0.2) is 0 Å². The zero-order valence-electron chi connectivity index (χ0n) is 7.96. The fourth-order valence-electron chi connectivity index (χ4n) is 1.38. The van der Waals surface area contributed by atoms with Crippen LogP contribution in [0.3, 0.4) is 0 Å². The van der Waals surface area contributed by atoms with Crippen LogP contribution in [0.5, 0.6) is 0 Å². The van der Waals surface area contributed by atoms with Crippen LogP contribution in [0.4, 0.5) is 0 Å². The van der Waals surface area contributed by atoms with Crippen molar-refractivity contribution < 1.29 is 4.57 Å². The monoisotopic (exact) mass is 260 g/mol. The van der Waals surface area contributed by atoms with Gasteiger partial charge in [-0.3, -0.25) is 0 Å². The molecule has 0 aliphatic heterocycles. The Bertz CT molecular complexity index is 335. The molecule has 0 fully saturated rings.